The molecule has 1 heterocycles. The summed E-state index contributed by atoms with van der Waals surface area (Å²) in [6.45, 7) is 0.0917. The van der Waals surface area contributed by atoms with Crippen molar-refractivity contribution in [2.45, 2.75) is 0 Å². The number of esters is 1. The molecule has 0 radical (unpaired) electrons. The SMILES string of the molecule is COC(=O)C#CCNc1c(C#N)cnn1-c1ccc(Cl)c(Cl)c1Cl. The third-order valence-corrected chi connectivity index (χ3v) is 4.14. The number of carbonyl (C=O) groups is 1. The topological polar surface area (TPSA) is 79.9 Å². The highest BCUT2D eigenvalue weighted by molar-refractivity contribution is 6.48. The number of aromatic nitrogens is 2. The van der Waals surface area contributed by atoms with Crippen LogP contribution in [0.5, 0.6) is 0 Å². The van der Waals surface area contributed by atoms with E-state index in [1.807, 2.05) is 6.07 Å². The van der Waals surface area contributed by atoms with Crippen LogP contribution in [0.25, 0.3) is 5.69 Å². The molecule has 0 spiro atoms. The number of carbonyl (C=O) groups excluding carboxylic acids is 1. The lowest BCUT2D eigenvalue weighted by atomic mass is 10.3. The van der Waals surface area contributed by atoms with Gasteiger partial charge in [0, 0.05) is 5.92 Å². The largest absolute Gasteiger partial charge is 0.459 e. The van der Waals surface area contributed by atoms with Crippen LogP contribution >= 0.6 is 34.8 Å². The number of benzene rings is 1. The molecule has 2 rings (SSSR count). The average Bonchev–Trinajstić information content (AvgIpc) is 2.99. The zero-order valence-electron chi connectivity index (χ0n) is 12.2. The van der Waals surface area contributed by atoms with Crippen molar-refractivity contribution in [2.24, 2.45) is 0 Å². The Morgan fingerprint density at radius 1 is 1.38 bits per heavy atom. The molecule has 122 valence electrons. The first-order chi connectivity index (χ1) is 11.5. The Labute approximate surface area is 152 Å². The van der Waals surface area contributed by atoms with Crippen molar-refractivity contribution in [3.63, 3.8) is 0 Å². The number of nitriles is 1. The maximum Gasteiger partial charge on any atom is 0.384 e. The minimum absolute atomic E-state index is 0.0917. The summed E-state index contributed by atoms with van der Waals surface area (Å²) in [4.78, 5) is 11.0. The quantitative estimate of drug-likeness (QED) is 0.381. The molecule has 1 aromatic heterocycles. The Morgan fingerprint density at radius 3 is 2.79 bits per heavy atom. The minimum Gasteiger partial charge on any atom is -0.459 e. The Hall–Kier alpha value is -2.38. The number of hydrogen-bond acceptors (Lipinski definition) is 5. The van der Waals surface area contributed by atoms with Gasteiger partial charge in [0.25, 0.3) is 0 Å². The van der Waals surface area contributed by atoms with Gasteiger partial charge in [0.2, 0.25) is 0 Å². The van der Waals surface area contributed by atoms with Crippen LogP contribution in [0.3, 0.4) is 0 Å². The lowest BCUT2D eigenvalue weighted by Crippen LogP contribution is -2.09. The minimum atomic E-state index is -0.654. The van der Waals surface area contributed by atoms with Crippen LogP contribution in [-0.2, 0) is 9.53 Å². The van der Waals surface area contributed by atoms with Gasteiger partial charge in [-0.3, -0.25) is 0 Å². The van der Waals surface area contributed by atoms with E-state index in [1.165, 1.54) is 18.0 Å². The third kappa shape index (κ3) is 3.74. The molecule has 1 N–H and O–H groups in total. The van der Waals surface area contributed by atoms with Crippen molar-refractivity contribution < 1.29 is 9.53 Å². The lowest BCUT2D eigenvalue weighted by Gasteiger charge is -2.11. The molecule has 0 amide bonds. The fourth-order valence-corrected chi connectivity index (χ4v) is 2.37. The predicted molar refractivity (Wildman–Crippen MR) is 91.6 cm³/mol. The van der Waals surface area contributed by atoms with Gasteiger partial charge in [-0.1, -0.05) is 40.7 Å². The van der Waals surface area contributed by atoms with Crippen molar-refractivity contribution in [1.82, 2.24) is 9.78 Å². The van der Waals surface area contributed by atoms with Gasteiger partial charge < -0.3 is 10.1 Å². The molecular formula is C15H9Cl3N4O2. The molecule has 0 saturated carbocycles. The highest BCUT2D eigenvalue weighted by atomic mass is 35.5. The second-order valence-electron chi connectivity index (χ2n) is 4.27. The van der Waals surface area contributed by atoms with Crippen LogP contribution in [-0.4, -0.2) is 29.4 Å². The molecule has 0 saturated heterocycles. The Bertz CT molecular complexity index is 891. The fourth-order valence-electron chi connectivity index (χ4n) is 1.76. The number of nitrogens with one attached hydrogen (secondary N) is 1. The van der Waals surface area contributed by atoms with Crippen LogP contribution in [0.1, 0.15) is 5.56 Å². The normalized spacial score (nSPS) is 9.62. The van der Waals surface area contributed by atoms with Crippen LogP contribution < -0.4 is 5.32 Å². The van der Waals surface area contributed by atoms with Crippen molar-refractivity contribution in [2.75, 3.05) is 19.0 Å². The van der Waals surface area contributed by atoms with Crippen LogP contribution in [0.15, 0.2) is 18.3 Å². The summed E-state index contributed by atoms with van der Waals surface area (Å²) in [5.74, 6) is 4.55. The van der Waals surface area contributed by atoms with Gasteiger partial charge in [-0.15, -0.1) is 0 Å². The maximum absolute atomic E-state index is 11.0. The molecule has 0 bridgehead atoms. The van der Waals surface area contributed by atoms with Gasteiger partial charge in [0.1, 0.15) is 17.5 Å². The second kappa shape index (κ2) is 7.94. The van der Waals surface area contributed by atoms with E-state index in [1.54, 1.807) is 12.1 Å². The molecule has 6 nitrogen and oxygen atoms in total. The number of nitrogens with zero attached hydrogens (tertiary/aromatic N) is 3. The first-order valence-electron chi connectivity index (χ1n) is 6.42. The maximum atomic E-state index is 11.0. The number of rotatable bonds is 3. The average molecular weight is 384 g/mol. The van der Waals surface area contributed by atoms with Gasteiger partial charge in [-0.2, -0.15) is 10.4 Å². The zero-order valence-corrected chi connectivity index (χ0v) is 14.5. The Kier molecular flexibility index (Phi) is 5.94. The second-order valence-corrected chi connectivity index (χ2v) is 5.43. The first kappa shape index (κ1) is 18.0. The highest BCUT2D eigenvalue weighted by Crippen LogP contribution is 2.35. The van der Waals surface area contributed by atoms with Crippen molar-refractivity contribution >= 4 is 46.6 Å². The van der Waals surface area contributed by atoms with Crippen LogP contribution in [0, 0.1) is 23.2 Å². The molecule has 0 unspecified atom stereocenters. The molecule has 0 aliphatic carbocycles. The molecule has 0 aliphatic heterocycles. The Balaban J connectivity index is 2.38. The number of methoxy groups -OCH3 is 1. The summed E-state index contributed by atoms with van der Waals surface area (Å²) in [5, 5.41) is 16.9. The van der Waals surface area contributed by atoms with E-state index in [4.69, 9.17) is 34.8 Å². The molecule has 0 aliphatic rings. The van der Waals surface area contributed by atoms with Crippen LogP contribution in [0.4, 0.5) is 5.82 Å². The van der Waals surface area contributed by atoms with E-state index in [-0.39, 0.29) is 22.2 Å². The number of ether oxygens (including phenoxy) is 1. The van der Waals surface area contributed by atoms with E-state index in [0.717, 1.165) is 0 Å². The molecule has 0 fully saturated rings. The van der Waals surface area contributed by atoms with Crippen molar-refractivity contribution in [3.8, 4) is 23.6 Å². The summed E-state index contributed by atoms with van der Waals surface area (Å²) in [5.41, 5.74) is 0.716. The summed E-state index contributed by atoms with van der Waals surface area (Å²) in [6, 6.07) is 5.19. The summed E-state index contributed by atoms with van der Waals surface area (Å²) < 4.78 is 5.82. The monoisotopic (exact) mass is 382 g/mol. The number of halogens is 3. The highest BCUT2D eigenvalue weighted by Gasteiger charge is 2.16. The molecule has 1 aromatic carbocycles. The van der Waals surface area contributed by atoms with Gasteiger partial charge in [0.15, 0.2) is 0 Å². The third-order valence-electron chi connectivity index (χ3n) is 2.85. The van der Waals surface area contributed by atoms with E-state index >= 15 is 0 Å². The summed E-state index contributed by atoms with van der Waals surface area (Å²) in [6.07, 6.45) is 1.37. The van der Waals surface area contributed by atoms with E-state index in [0.29, 0.717) is 16.5 Å². The van der Waals surface area contributed by atoms with Gasteiger partial charge in [-0.05, 0) is 12.1 Å². The first-order valence-corrected chi connectivity index (χ1v) is 7.55. The standard InChI is InChI=1S/C15H9Cl3N4O2/c1-24-12(23)3-2-6-20-15-9(7-19)8-21-22(15)11-5-4-10(16)13(17)14(11)18/h4-5,8,20H,6H2,1H3. The summed E-state index contributed by atoms with van der Waals surface area (Å²) >= 11 is 18.2. The van der Waals surface area contributed by atoms with E-state index in [9.17, 15) is 10.1 Å². The zero-order chi connectivity index (χ0) is 17.7. The van der Waals surface area contributed by atoms with E-state index < -0.39 is 5.97 Å². The van der Waals surface area contributed by atoms with Gasteiger partial charge in [0.05, 0.1) is 40.6 Å². The molecule has 0 atom stereocenters. The number of anilines is 1. The van der Waals surface area contributed by atoms with Crippen LogP contribution in [0.2, 0.25) is 15.1 Å². The lowest BCUT2D eigenvalue weighted by molar-refractivity contribution is -0.133. The van der Waals surface area contributed by atoms with E-state index in [2.05, 4.69) is 27.0 Å². The van der Waals surface area contributed by atoms with Gasteiger partial charge >= 0.3 is 5.97 Å². The Morgan fingerprint density at radius 2 is 2.12 bits per heavy atom. The fraction of sp³-hybridized carbons (Fsp3) is 0.133. The van der Waals surface area contributed by atoms with Gasteiger partial charge in [-0.25, -0.2) is 9.48 Å². The van der Waals surface area contributed by atoms with Crippen molar-refractivity contribution in [3.05, 3.63) is 39.0 Å². The molecule has 2 aromatic rings. The van der Waals surface area contributed by atoms with Crippen molar-refractivity contribution in [1.29, 1.82) is 5.26 Å². The molecule has 24 heavy (non-hydrogen) atoms. The molecule has 9 heteroatoms. The summed E-state index contributed by atoms with van der Waals surface area (Å²) in [7, 11) is 1.24. The predicted octanol–water partition coefficient (Wildman–Crippen LogP) is 3.29. The molecular weight excluding hydrogens is 375 g/mol. The number of hydrogen-bond donors (Lipinski definition) is 1. The smallest absolute Gasteiger partial charge is 0.384 e.